The molecule has 2 aromatic rings. The lowest BCUT2D eigenvalue weighted by atomic mass is 10.3. The lowest BCUT2D eigenvalue weighted by Crippen LogP contribution is -1.93. The first-order valence-electron chi connectivity index (χ1n) is 5.36. The lowest BCUT2D eigenvalue weighted by Gasteiger charge is -2.08. The maximum atomic E-state index is 5.71. The van der Waals surface area contributed by atoms with Gasteiger partial charge in [-0.2, -0.15) is 0 Å². The second-order valence-corrected chi connectivity index (χ2v) is 5.52. The van der Waals surface area contributed by atoms with Crippen LogP contribution in [0, 0.1) is 0 Å². The second-order valence-electron chi connectivity index (χ2n) is 3.65. The maximum absolute atomic E-state index is 5.71. The number of hydrogen-bond donors (Lipinski definition) is 1. The molecule has 0 saturated heterocycles. The molecule has 1 aromatic heterocycles. The van der Waals surface area contributed by atoms with Gasteiger partial charge in [-0.1, -0.05) is 6.07 Å². The molecule has 3 nitrogen and oxygen atoms in total. The van der Waals surface area contributed by atoms with Crippen molar-refractivity contribution in [1.29, 1.82) is 0 Å². The molecule has 0 spiro atoms. The molecule has 2 N–H and O–H groups in total. The van der Waals surface area contributed by atoms with Crippen LogP contribution in [0.3, 0.4) is 0 Å². The number of nitrogens with two attached hydrogens (primary N) is 1. The molecule has 0 atom stereocenters. The number of aromatic nitrogens is 1. The minimum absolute atomic E-state index is 0.677. The van der Waals surface area contributed by atoms with E-state index in [2.05, 4.69) is 20.9 Å². The average molecular weight is 325 g/mol. The van der Waals surface area contributed by atoms with Crippen LogP contribution in [-0.4, -0.2) is 12.1 Å². The van der Waals surface area contributed by atoms with Gasteiger partial charge in [0.05, 0.1) is 7.11 Å². The van der Waals surface area contributed by atoms with Crippen molar-refractivity contribution in [1.82, 2.24) is 4.98 Å². The summed E-state index contributed by atoms with van der Waals surface area (Å²) in [6.07, 6.45) is 1.73. The highest BCUT2D eigenvalue weighted by molar-refractivity contribution is 9.10. The molecule has 1 aromatic carbocycles. The van der Waals surface area contributed by atoms with Gasteiger partial charge in [-0.25, -0.2) is 4.98 Å². The van der Waals surface area contributed by atoms with Gasteiger partial charge >= 0.3 is 0 Å². The molecule has 0 fully saturated rings. The first-order chi connectivity index (χ1) is 8.70. The normalized spacial score (nSPS) is 10.3. The zero-order valence-corrected chi connectivity index (χ0v) is 12.3. The highest BCUT2D eigenvalue weighted by Gasteiger charge is 2.06. The Hall–Kier alpha value is -1.20. The van der Waals surface area contributed by atoms with E-state index in [0.717, 1.165) is 26.4 Å². The van der Waals surface area contributed by atoms with Crippen molar-refractivity contribution >= 4 is 33.4 Å². The van der Waals surface area contributed by atoms with E-state index >= 15 is 0 Å². The number of anilines is 1. The summed E-state index contributed by atoms with van der Waals surface area (Å²) in [7, 11) is 1.63. The number of hydrogen-bond acceptors (Lipinski definition) is 4. The van der Waals surface area contributed by atoms with Crippen molar-refractivity contribution in [3.8, 4) is 5.88 Å². The molecule has 0 bridgehead atoms. The Kier molecular flexibility index (Phi) is 4.49. The summed E-state index contributed by atoms with van der Waals surface area (Å²) in [6.45, 7) is 0. The third-order valence-electron chi connectivity index (χ3n) is 2.38. The summed E-state index contributed by atoms with van der Waals surface area (Å²) >= 11 is 5.22. The van der Waals surface area contributed by atoms with Gasteiger partial charge in [0.25, 0.3) is 0 Å². The highest BCUT2D eigenvalue weighted by Crippen LogP contribution is 2.32. The first kappa shape index (κ1) is 13.2. The molecule has 0 aliphatic carbocycles. The molecule has 2 rings (SSSR count). The van der Waals surface area contributed by atoms with E-state index in [9.17, 15) is 0 Å². The minimum Gasteiger partial charge on any atom is -0.481 e. The van der Waals surface area contributed by atoms with Gasteiger partial charge in [0.1, 0.15) is 0 Å². The van der Waals surface area contributed by atoms with Crippen molar-refractivity contribution in [3.63, 3.8) is 0 Å². The van der Waals surface area contributed by atoms with Gasteiger partial charge in [-0.3, -0.25) is 0 Å². The Morgan fingerprint density at radius 2 is 2.22 bits per heavy atom. The van der Waals surface area contributed by atoms with Crippen LogP contribution in [0.1, 0.15) is 5.56 Å². The van der Waals surface area contributed by atoms with Crippen molar-refractivity contribution in [2.75, 3.05) is 12.8 Å². The van der Waals surface area contributed by atoms with Gasteiger partial charge < -0.3 is 10.5 Å². The van der Waals surface area contributed by atoms with Gasteiger partial charge in [0.15, 0.2) is 0 Å². The van der Waals surface area contributed by atoms with Gasteiger partial charge in [0, 0.05) is 32.6 Å². The van der Waals surface area contributed by atoms with Crippen LogP contribution in [0.15, 0.2) is 45.9 Å². The quantitative estimate of drug-likeness (QED) is 0.687. The van der Waals surface area contributed by atoms with Crippen LogP contribution in [0.2, 0.25) is 0 Å². The Labute approximate surface area is 119 Å². The number of pyridine rings is 1. The molecule has 1 heterocycles. The smallest absolute Gasteiger partial charge is 0.217 e. The fourth-order valence-corrected chi connectivity index (χ4v) is 3.14. The van der Waals surface area contributed by atoms with E-state index in [1.54, 1.807) is 25.1 Å². The van der Waals surface area contributed by atoms with Crippen LogP contribution in [0.5, 0.6) is 5.88 Å². The van der Waals surface area contributed by atoms with Crippen LogP contribution in [-0.2, 0) is 5.75 Å². The summed E-state index contributed by atoms with van der Waals surface area (Å²) in [5.41, 5.74) is 7.54. The molecule has 18 heavy (non-hydrogen) atoms. The van der Waals surface area contributed by atoms with E-state index in [1.807, 2.05) is 30.3 Å². The molecular formula is C13H13BrN2OS. The fourth-order valence-electron chi connectivity index (χ4n) is 1.51. The fraction of sp³-hybridized carbons (Fsp3) is 0.154. The van der Waals surface area contributed by atoms with Gasteiger partial charge in [0.2, 0.25) is 5.88 Å². The van der Waals surface area contributed by atoms with Crippen molar-refractivity contribution in [3.05, 3.63) is 46.6 Å². The predicted molar refractivity (Wildman–Crippen MR) is 78.9 cm³/mol. The molecule has 0 unspecified atom stereocenters. The molecule has 94 valence electrons. The number of nitrogens with zero attached hydrogens (tertiary/aromatic N) is 1. The molecule has 0 radical (unpaired) electrons. The van der Waals surface area contributed by atoms with Crippen LogP contribution >= 0.6 is 27.7 Å². The Morgan fingerprint density at radius 3 is 2.94 bits per heavy atom. The molecule has 0 saturated carbocycles. The summed E-state index contributed by atoms with van der Waals surface area (Å²) < 4.78 is 6.24. The van der Waals surface area contributed by atoms with Crippen LogP contribution < -0.4 is 10.5 Å². The van der Waals surface area contributed by atoms with Gasteiger partial charge in [-0.15, -0.1) is 11.8 Å². The number of thioether (sulfide) groups is 1. The van der Waals surface area contributed by atoms with E-state index < -0.39 is 0 Å². The van der Waals surface area contributed by atoms with E-state index in [-0.39, 0.29) is 0 Å². The molecular weight excluding hydrogens is 312 g/mol. The second kappa shape index (κ2) is 6.11. The Morgan fingerprint density at radius 1 is 1.39 bits per heavy atom. The lowest BCUT2D eigenvalue weighted by molar-refractivity contribution is 0.394. The summed E-state index contributed by atoms with van der Waals surface area (Å²) in [4.78, 5) is 5.33. The average Bonchev–Trinajstić information content (AvgIpc) is 2.38. The van der Waals surface area contributed by atoms with Crippen molar-refractivity contribution < 1.29 is 4.74 Å². The summed E-state index contributed by atoms with van der Waals surface area (Å²) in [5.74, 6) is 1.48. The van der Waals surface area contributed by atoms with E-state index in [1.165, 1.54) is 0 Å². The third kappa shape index (κ3) is 3.17. The SMILES string of the molecule is COc1ncccc1CSc1ccc(N)cc1Br. The number of methoxy groups -OCH3 is 1. The molecule has 5 heteroatoms. The Balaban J connectivity index is 2.11. The van der Waals surface area contributed by atoms with Crippen molar-refractivity contribution in [2.24, 2.45) is 0 Å². The number of halogens is 1. The zero-order chi connectivity index (χ0) is 13.0. The minimum atomic E-state index is 0.677. The predicted octanol–water partition coefficient (Wildman–Crippen LogP) is 3.73. The van der Waals surface area contributed by atoms with E-state index in [0.29, 0.717) is 5.88 Å². The van der Waals surface area contributed by atoms with Crippen molar-refractivity contribution in [2.45, 2.75) is 10.6 Å². The third-order valence-corrected chi connectivity index (χ3v) is 4.42. The summed E-state index contributed by atoms with van der Waals surface area (Å²) in [5, 5.41) is 0. The van der Waals surface area contributed by atoms with Gasteiger partial charge in [-0.05, 0) is 40.2 Å². The monoisotopic (exact) mass is 324 g/mol. The highest BCUT2D eigenvalue weighted by atomic mass is 79.9. The number of benzene rings is 1. The largest absolute Gasteiger partial charge is 0.481 e. The Bertz CT molecular complexity index is 548. The number of nitrogen functional groups attached to an aromatic ring is 1. The zero-order valence-electron chi connectivity index (χ0n) is 9.89. The first-order valence-corrected chi connectivity index (χ1v) is 7.14. The standard InChI is InChI=1S/C13H13BrN2OS/c1-17-13-9(3-2-6-16-13)8-18-12-5-4-10(15)7-11(12)14/h2-7H,8,15H2,1H3. The molecule has 0 amide bonds. The van der Waals surface area contributed by atoms with E-state index in [4.69, 9.17) is 10.5 Å². The number of rotatable bonds is 4. The topological polar surface area (TPSA) is 48.1 Å². The molecule has 0 aliphatic heterocycles. The van der Waals surface area contributed by atoms with Crippen LogP contribution in [0.4, 0.5) is 5.69 Å². The van der Waals surface area contributed by atoms with Crippen LogP contribution in [0.25, 0.3) is 0 Å². The molecule has 0 aliphatic rings. The summed E-state index contributed by atoms with van der Waals surface area (Å²) in [6, 6.07) is 9.74. The number of ether oxygens (including phenoxy) is 1. The maximum Gasteiger partial charge on any atom is 0.217 e.